The molecule has 0 aromatic heterocycles. The van der Waals surface area contributed by atoms with Gasteiger partial charge < -0.3 is 38.7 Å². The average Bonchev–Trinajstić information content (AvgIpc) is 3.27. The molecular formula is C51H68N2O9. The minimum Gasteiger partial charge on any atom is -0.459 e. The summed E-state index contributed by atoms with van der Waals surface area (Å²) in [6, 6.07) is 19.7. The lowest BCUT2D eigenvalue weighted by Crippen LogP contribution is -2.70. The number of rotatable bonds is 19. The summed E-state index contributed by atoms with van der Waals surface area (Å²) in [7, 11) is 0. The number of aliphatic hydroxyl groups is 2. The fraction of sp³-hybridized carbons (Fsp3) is 0.569. The van der Waals surface area contributed by atoms with Gasteiger partial charge >= 0.3 is 6.09 Å². The Kier molecular flexibility index (Phi) is 15.3. The minimum atomic E-state index is -1.38. The van der Waals surface area contributed by atoms with Crippen molar-refractivity contribution in [1.82, 2.24) is 4.90 Å². The minimum absolute atomic E-state index is 0.0781. The summed E-state index contributed by atoms with van der Waals surface area (Å²) in [6.45, 7) is 13.9. The molecule has 11 heteroatoms. The summed E-state index contributed by atoms with van der Waals surface area (Å²) < 4.78 is 33.3. The Morgan fingerprint density at radius 3 is 2.47 bits per heavy atom. The van der Waals surface area contributed by atoms with E-state index in [0.29, 0.717) is 50.3 Å². The summed E-state index contributed by atoms with van der Waals surface area (Å²) in [5.41, 5.74) is 2.46. The van der Waals surface area contributed by atoms with Crippen LogP contribution in [0, 0.1) is 23.2 Å². The molecule has 0 radical (unpaired) electrons. The van der Waals surface area contributed by atoms with Gasteiger partial charge in [0.05, 0.1) is 31.5 Å². The van der Waals surface area contributed by atoms with Crippen LogP contribution in [0.3, 0.4) is 0 Å². The van der Waals surface area contributed by atoms with Crippen LogP contribution in [-0.4, -0.2) is 84.6 Å². The second-order valence-corrected chi connectivity index (χ2v) is 18.6. The Labute approximate surface area is 368 Å². The molecule has 62 heavy (non-hydrogen) atoms. The fourth-order valence-corrected chi connectivity index (χ4v) is 9.97. The van der Waals surface area contributed by atoms with Crippen molar-refractivity contribution in [2.75, 3.05) is 39.6 Å². The van der Waals surface area contributed by atoms with Crippen molar-refractivity contribution in [2.24, 2.45) is 28.3 Å². The van der Waals surface area contributed by atoms with E-state index in [-0.39, 0.29) is 49.6 Å². The van der Waals surface area contributed by atoms with Crippen molar-refractivity contribution in [3.8, 4) is 17.2 Å². The Morgan fingerprint density at radius 1 is 0.984 bits per heavy atom. The second kappa shape index (κ2) is 20.8. The topological polar surface area (TPSA) is 129 Å². The van der Waals surface area contributed by atoms with E-state index in [1.54, 1.807) is 11.0 Å². The lowest BCUT2D eigenvalue weighted by molar-refractivity contribution is -0.255. The number of allylic oxidation sites excluding steroid dienone is 1. The standard InChI is InChI=1S/C51H68N2O9/c1-6-25-53(49(56)58-34-50(3,4)5)45-33-43(52-62-46-20-12-15-29-57-46)41-31-37(18-10-13-26-54)40(19-11-14-27-55)47-42-32-39(60-38-22-21-35-16-8-9-17-36(35)30-38)23-24-44(42)61-51(45,48(41)47)59-28-7-2/h7-9,16-17,21-24,30-32,37,40,45-48,54-55H,2,6,10-15,18-20,25-29,33-34H2,1,3-5H3/t37-,40+,45-,46?,47+,48+,51+/m0/s1. The van der Waals surface area contributed by atoms with E-state index in [0.717, 1.165) is 78.3 Å². The highest BCUT2D eigenvalue weighted by Gasteiger charge is 2.65. The number of hydrogen-bond donors (Lipinski definition) is 2. The number of ether oxygens (including phenoxy) is 5. The molecule has 3 aromatic rings. The summed E-state index contributed by atoms with van der Waals surface area (Å²) in [5, 5.41) is 27.1. The van der Waals surface area contributed by atoms with Crippen molar-refractivity contribution in [1.29, 1.82) is 0 Å². The van der Waals surface area contributed by atoms with Crippen LogP contribution < -0.4 is 9.47 Å². The van der Waals surface area contributed by atoms with Gasteiger partial charge in [0.2, 0.25) is 12.1 Å². The number of carbonyl (C=O) groups excluding carboxylic acids is 1. The van der Waals surface area contributed by atoms with E-state index in [9.17, 15) is 15.0 Å². The maximum atomic E-state index is 14.5. The SMILES string of the molecule is C=CCO[C@@]12Oc3ccc(Oc4ccc5ccccc5c4)cc3[C@H]3[C@H](CCCCO)[C@@H](CCCCO)C=C(C(=NOC4CCCCO4)C[C@@H]1N(CCC)C(=O)OCC(C)(C)C)[C@H]32. The average molecular weight is 853 g/mol. The van der Waals surface area contributed by atoms with Gasteiger partial charge in [0.25, 0.3) is 0 Å². The second-order valence-electron chi connectivity index (χ2n) is 18.6. The van der Waals surface area contributed by atoms with Crippen LogP contribution in [0.4, 0.5) is 4.79 Å². The number of fused-ring (bicyclic) bond motifs is 3. The van der Waals surface area contributed by atoms with Gasteiger partial charge in [0.15, 0.2) is 0 Å². The molecule has 7 rings (SSSR count). The lowest BCUT2D eigenvalue weighted by atomic mass is 9.55. The molecule has 2 heterocycles. The van der Waals surface area contributed by atoms with Gasteiger partial charge in [0, 0.05) is 44.1 Å². The van der Waals surface area contributed by atoms with Crippen molar-refractivity contribution in [2.45, 2.75) is 122 Å². The Bertz CT molecular complexity index is 2040. The Morgan fingerprint density at radius 2 is 1.74 bits per heavy atom. The van der Waals surface area contributed by atoms with Crippen LogP contribution in [0.1, 0.15) is 110 Å². The van der Waals surface area contributed by atoms with Crippen molar-refractivity contribution < 1.29 is 43.5 Å². The van der Waals surface area contributed by atoms with Gasteiger partial charge in [-0.05, 0) is 109 Å². The molecule has 2 aliphatic heterocycles. The zero-order valence-corrected chi connectivity index (χ0v) is 37.3. The Hall–Kier alpha value is -4.42. The predicted octanol–water partition coefficient (Wildman–Crippen LogP) is 10.7. The quantitative estimate of drug-likeness (QED) is 0.0688. The van der Waals surface area contributed by atoms with Crippen LogP contribution in [0.5, 0.6) is 17.2 Å². The summed E-state index contributed by atoms with van der Waals surface area (Å²) in [4.78, 5) is 22.6. The maximum absolute atomic E-state index is 14.5. The van der Waals surface area contributed by atoms with E-state index in [1.165, 1.54) is 0 Å². The Balaban J connectivity index is 1.42. The number of oxime groups is 1. The summed E-state index contributed by atoms with van der Waals surface area (Å²) in [5.74, 6) is 0.252. The number of carbonyl (C=O) groups is 1. The molecule has 1 unspecified atom stereocenters. The van der Waals surface area contributed by atoms with E-state index < -0.39 is 30.1 Å². The normalized spacial score (nSPS) is 26.2. The van der Waals surface area contributed by atoms with Crippen LogP contribution in [-0.2, 0) is 19.0 Å². The molecule has 4 aliphatic rings. The molecule has 2 fully saturated rings. The van der Waals surface area contributed by atoms with Gasteiger partial charge in [-0.1, -0.05) is 88.2 Å². The largest absolute Gasteiger partial charge is 0.459 e. The van der Waals surface area contributed by atoms with E-state index in [1.807, 2.05) is 51.1 Å². The van der Waals surface area contributed by atoms with Gasteiger partial charge in [-0.15, -0.1) is 6.58 Å². The molecule has 3 aromatic carbocycles. The molecule has 11 nitrogen and oxygen atoms in total. The van der Waals surface area contributed by atoms with Crippen molar-refractivity contribution >= 4 is 22.6 Å². The van der Waals surface area contributed by atoms with Gasteiger partial charge in [-0.2, -0.15) is 0 Å². The first-order valence-electron chi connectivity index (χ1n) is 23.0. The summed E-state index contributed by atoms with van der Waals surface area (Å²) in [6.07, 6.45) is 11.6. The zero-order chi connectivity index (χ0) is 43.7. The highest BCUT2D eigenvalue weighted by molar-refractivity contribution is 6.03. The molecule has 1 saturated heterocycles. The monoisotopic (exact) mass is 852 g/mol. The third-order valence-electron chi connectivity index (χ3n) is 12.7. The highest BCUT2D eigenvalue weighted by atomic mass is 16.8. The number of benzene rings is 3. The maximum Gasteiger partial charge on any atom is 0.410 e. The number of amides is 1. The first-order chi connectivity index (χ1) is 30.1. The first kappa shape index (κ1) is 45.6. The number of aliphatic hydroxyl groups excluding tert-OH is 2. The number of unbranched alkanes of at least 4 members (excludes halogenated alkanes) is 2. The predicted molar refractivity (Wildman–Crippen MR) is 241 cm³/mol. The van der Waals surface area contributed by atoms with Gasteiger partial charge in [-0.25, -0.2) is 4.79 Å². The molecule has 1 amide bonds. The van der Waals surface area contributed by atoms with E-state index in [4.69, 9.17) is 33.7 Å². The molecular weight excluding hydrogens is 785 g/mol. The highest BCUT2D eigenvalue weighted by Crippen LogP contribution is 2.62. The zero-order valence-electron chi connectivity index (χ0n) is 37.3. The fourth-order valence-electron chi connectivity index (χ4n) is 9.97. The first-order valence-corrected chi connectivity index (χ1v) is 23.0. The third-order valence-corrected chi connectivity index (χ3v) is 12.7. The smallest absolute Gasteiger partial charge is 0.410 e. The molecule has 336 valence electrons. The van der Waals surface area contributed by atoms with Crippen molar-refractivity contribution in [3.05, 3.63) is 90.5 Å². The molecule has 7 atom stereocenters. The van der Waals surface area contributed by atoms with Crippen LogP contribution in [0.25, 0.3) is 10.8 Å². The van der Waals surface area contributed by atoms with Crippen LogP contribution >= 0.6 is 0 Å². The molecule has 1 saturated carbocycles. The van der Waals surface area contributed by atoms with Crippen LogP contribution in [0.2, 0.25) is 0 Å². The molecule has 2 N–H and O–H groups in total. The number of nitrogens with zero attached hydrogens (tertiary/aromatic N) is 2. The number of hydrogen-bond acceptors (Lipinski definition) is 10. The summed E-state index contributed by atoms with van der Waals surface area (Å²) >= 11 is 0. The van der Waals surface area contributed by atoms with Crippen LogP contribution in [0.15, 0.2) is 90.1 Å². The molecule has 0 bridgehead atoms. The third kappa shape index (κ3) is 10.3. The molecule has 2 aliphatic carbocycles. The van der Waals surface area contributed by atoms with Gasteiger partial charge in [0.1, 0.15) is 23.3 Å². The van der Waals surface area contributed by atoms with E-state index in [2.05, 4.69) is 49.9 Å². The molecule has 0 spiro atoms. The lowest BCUT2D eigenvalue weighted by Gasteiger charge is -2.60. The van der Waals surface area contributed by atoms with Gasteiger partial charge in [-0.3, -0.25) is 4.90 Å². The van der Waals surface area contributed by atoms with Crippen molar-refractivity contribution in [3.63, 3.8) is 0 Å². The van der Waals surface area contributed by atoms with E-state index >= 15 is 0 Å².